The van der Waals surface area contributed by atoms with Gasteiger partial charge in [-0.15, -0.1) is 0 Å². The van der Waals surface area contributed by atoms with Gasteiger partial charge in [0, 0.05) is 24.3 Å². The van der Waals surface area contributed by atoms with Crippen molar-refractivity contribution in [3.8, 4) is 11.8 Å². The number of nitriles is 1. The lowest BCUT2D eigenvalue weighted by Gasteiger charge is -2.29. The Kier molecular flexibility index (Phi) is 4.27. The van der Waals surface area contributed by atoms with E-state index in [9.17, 15) is 9.18 Å². The molecule has 142 valence electrons. The van der Waals surface area contributed by atoms with Gasteiger partial charge in [-0.3, -0.25) is 4.79 Å². The van der Waals surface area contributed by atoms with Crippen molar-refractivity contribution in [1.29, 1.82) is 5.26 Å². The molecule has 0 aliphatic carbocycles. The lowest BCUT2D eigenvalue weighted by Crippen LogP contribution is -2.37. The van der Waals surface area contributed by atoms with E-state index >= 15 is 0 Å². The summed E-state index contributed by atoms with van der Waals surface area (Å²) in [5.41, 5.74) is 2.73. The topological polar surface area (TPSA) is 77.7 Å². The second kappa shape index (κ2) is 6.64. The van der Waals surface area contributed by atoms with Crippen molar-refractivity contribution >= 4 is 5.91 Å². The van der Waals surface area contributed by atoms with Crippen molar-refractivity contribution in [3.05, 3.63) is 71.1 Å². The molecule has 0 fully saturated rings. The lowest BCUT2D eigenvalue weighted by atomic mass is 9.87. The molecule has 1 aliphatic heterocycles. The van der Waals surface area contributed by atoms with E-state index in [1.807, 2.05) is 6.07 Å². The summed E-state index contributed by atoms with van der Waals surface area (Å²) in [5.74, 6) is -0.500. The average Bonchev–Trinajstić information content (AvgIpc) is 3.25. The molecule has 28 heavy (non-hydrogen) atoms. The summed E-state index contributed by atoms with van der Waals surface area (Å²) in [4.78, 5) is 17.6. The van der Waals surface area contributed by atoms with Gasteiger partial charge in [0.15, 0.2) is 0 Å². The maximum absolute atomic E-state index is 14.3. The minimum absolute atomic E-state index is 0.166. The highest BCUT2D eigenvalue weighted by Crippen LogP contribution is 2.32. The first-order valence-corrected chi connectivity index (χ1v) is 9.07. The van der Waals surface area contributed by atoms with E-state index in [0.717, 1.165) is 11.3 Å². The van der Waals surface area contributed by atoms with Crippen molar-refractivity contribution in [3.63, 3.8) is 0 Å². The third-order valence-electron chi connectivity index (χ3n) is 4.99. The van der Waals surface area contributed by atoms with E-state index in [0.29, 0.717) is 36.6 Å². The highest BCUT2D eigenvalue weighted by molar-refractivity contribution is 5.92. The number of amides is 1. The monoisotopic (exact) mass is 377 g/mol. The van der Waals surface area contributed by atoms with Crippen LogP contribution in [0.2, 0.25) is 0 Å². The van der Waals surface area contributed by atoms with Crippen molar-refractivity contribution in [1.82, 2.24) is 19.7 Å². The highest BCUT2D eigenvalue weighted by atomic mass is 19.1. The Morgan fingerprint density at radius 1 is 1.29 bits per heavy atom. The van der Waals surface area contributed by atoms with Crippen LogP contribution in [0, 0.1) is 22.6 Å². The third kappa shape index (κ3) is 3.18. The fourth-order valence-electron chi connectivity index (χ4n) is 3.75. The molecule has 1 aromatic carbocycles. The number of H-pyrrole nitrogens is 1. The van der Waals surface area contributed by atoms with E-state index in [-0.39, 0.29) is 17.1 Å². The molecule has 0 unspecified atom stereocenters. The maximum atomic E-state index is 14.3. The van der Waals surface area contributed by atoms with Crippen LogP contribution < -0.4 is 0 Å². The Morgan fingerprint density at radius 3 is 2.79 bits per heavy atom. The summed E-state index contributed by atoms with van der Waals surface area (Å²) in [6, 6.07) is 11.8. The molecule has 0 saturated heterocycles. The second-order valence-electron chi connectivity index (χ2n) is 7.88. The zero-order valence-electron chi connectivity index (χ0n) is 15.7. The number of benzene rings is 1. The Bertz CT molecular complexity index is 1090. The fourth-order valence-corrected chi connectivity index (χ4v) is 3.75. The van der Waals surface area contributed by atoms with E-state index in [1.165, 1.54) is 6.07 Å². The molecule has 0 spiro atoms. The van der Waals surface area contributed by atoms with E-state index in [1.54, 1.807) is 46.1 Å². The molecule has 6 nitrogen and oxygen atoms in total. The van der Waals surface area contributed by atoms with Crippen LogP contribution >= 0.6 is 0 Å². The largest absolute Gasteiger partial charge is 0.342 e. The second-order valence-corrected chi connectivity index (χ2v) is 7.88. The van der Waals surface area contributed by atoms with Crippen LogP contribution in [0.1, 0.15) is 41.3 Å². The van der Waals surface area contributed by atoms with Gasteiger partial charge in [-0.05, 0) is 36.1 Å². The van der Waals surface area contributed by atoms with Gasteiger partial charge in [0.1, 0.15) is 29.0 Å². The van der Waals surface area contributed by atoms with Gasteiger partial charge in [-0.2, -0.15) is 10.4 Å². The maximum Gasteiger partial charge on any atom is 0.270 e. The van der Waals surface area contributed by atoms with E-state index < -0.39 is 0 Å². The van der Waals surface area contributed by atoms with Gasteiger partial charge in [-0.25, -0.2) is 9.07 Å². The van der Waals surface area contributed by atoms with Crippen LogP contribution in [-0.4, -0.2) is 32.1 Å². The van der Waals surface area contributed by atoms with Crippen LogP contribution in [0.5, 0.6) is 0 Å². The van der Waals surface area contributed by atoms with Crippen molar-refractivity contribution in [2.45, 2.75) is 26.8 Å². The number of para-hydroxylation sites is 1. The number of rotatable bonds is 2. The van der Waals surface area contributed by atoms with Crippen molar-refractivity contribution < 1.29 is 9.18 Å². The normalized spacial score (nSPS) is 15.6. The third-order valence-corrected chi connectivity index (χ3v) is 4.99. The molecule has 3 heterocycles. The van der Waals surface area contributed by atoms with Crippen LogP contribution in [0.15, 0.2) is 42.6 Å². The molecule has 3 aromatic rings. The van der Waals surface area contributed by atoms with Crippen LogP contribution in [0.25, 0.3) is 5.69 Å². The molecule has 1 amide bonds. The van der Waals surface area contributed by atoms with Crippen molar-refractivity contribution in [2.75, 3.05) is 6.54 Å². The molecular weight excluding hydrogens is 357 g/mol. The van der Waals surface area contributed by atoms with E-state index in [2.05, 4.69) is 23.9 Å². The van der Waals surface area contributed by atoms with Crippen LogP contribution in [0.4, 0.5) is 4.39 Å². The predicted molar refractivity (Wildman–Crippen MR) is 101 cm³/mol. The first-order chi connectivity index (χ1) is 13.4. The first-order valence-electron chi connectivity index (χ1n) is 9.07. The smallest absolute Gasteiger partial charge is 0.270 e. The number of nitrogens with zero attached hydrogens (tertiary/aromatic N) is 4. The predicted octanol–water partition coefficient (Wildman–Crippen LogP) is 3.44. The molecule has 0 saturated carbocycles. The number of aromatic amines is 1. The highest BCUT2D eigenvalue weighted by Gasteiger charge is 2.33. The molecule has 0 radical (unpaired) electrons. The molecular formula is C21H20FN5O. The number of carbonyl (C=O) groups excluding carboxylic acids is 1. The summed E-state index contributed by atoms with van der Waals surface area (Å²) < 4.78 is 16.0. The number of hydrogen-bond acceptors (Lipinski definition) is 3. The first kappa shape index (κ1) is 18.0. The minimum Gasteiger partial charge on any atom is -0.342 e. The number of carbonyl (C=O) groups is 1. The number of aromatic nitrogens is 3. The molecule has 1 aliphatic rings. The Labute approximate surface area is 162 Å². The summed E-state index contributed by atoms with van der Waals surface area (Å²) in [5, 5.41) is 13.4. The lowest BCUT2D eigenvalue weighted by molar-refractivity contribution is 0.0675. The van der Waals surface area contributed by atoms with Gasteiger partial charge in [0.05, 0.1) is 6.20 Å². The summed E-state index contributed by atoms with van der Waals surface area (Å²) in [7, 11) is 0. The number of halogens is 1. The summed E-state index contributed by atoms with van der Waals surface area (Å²) >= 11 is 0. The molecule has 0 bridgehead atoms. The van der Waals surface area contributed by atoms with Gasteiger partial charge in [0.2, 0.25) is 0 Å². The zero-order valence-corrected chi connectivity index (χ0v) is 15.7. The molecule has 4 rings (SSSR count). The Hall–Kier alpha value is -3.40. The Balaban J connectivity index is 1.72. The molecule has 0 atom stereocenters. The number of nitrogens with one attached hydrogen (secondary N) is 1. The summed E-state index contributed by atoms with van der Waals surface area (Å²) in [6.45, 7) is 5.08. The molecule has 2 aromatic heterocycles. The SMILES string of the molecule is CC1(C)Cc2c(cnn2-c2ccccc2F)CN(C(=O)c2ccc(C#N)[nH]2)C1. The number of fused-ring (bicyclic) bond motifs is 1. The van der Waals surface area contributed by atoms with Gasteiger partial charge < -0.3 is 9.88 Å². The van der Waals surface area contributed by atoms with Gasteiger partial charge >= 0.3 is 0 Å². The summed E-state index contributed by atoms with van der Waals surface area (Å²) in [6.07, 6.45) is 2.37. The van der Waals surface area contributed by atoms with Crippen LogP contribution in [0.3, 0.4) is 0 Å². The van der Waals surface area contributed by atoms with Gasteiger partial charge in [0.25, 0.3) is 5.91 Å². The molecule has 1 N–H and O–H groups in total. The minimum atomic E-state index is -0.334. The standard InChI is InChI=1S/C21H20FN5O/c1-21(2)9-19-14(11-24-27(19)18-6-4-3-5-16(18)22)12-26(13-21)20(28)17-8-7-15(10-23)25-17/h3-8,11,25H,9,12-13H2,1-2H3. The zero-order chi connectivity index (χ0) is 19.9. The molecule has 7 heteroatoms. The van der Waals surface area contributed by atoms with E-state index in [4.69, 9.17) is 5.26 Å². The van der Waals surface area contributed by atoms with Crippen LogP contribution in [-0.2, 0) is 13.0 Å². The average molecular weight is 377 g/mol. The quantitative estimate of drug-likeness (QED) is 0.743. The Morgan fingerprint density at radius 2 is 2.07 bits per heavy atom. The van der Waals surface area contributed by atoms with Crippen molar-refractivity contribution in [2.24, 2.45) is 5.41 Å². The number of hydrogen-bond donors (Lipinski definition) is 1. The van der Waals surface area contributed by atoms with Gasteiger partial charge in [-0.1, -0.05) is 26.0 Å². The fraction of sp³-hybridized carbons (Fsp3) is 0.286.